The van der Waals surface area contributed by atoms with Crippen LogP contribution in [-0.4, -0.2) is 5.91 Å². The van der Waals surface area contributed by atoms with Gasteiger partial charge in [-0.1, -0.05) is 35.9 Å². The van der Waals surface area contributed by atoms with Gasteiger partial charge in [-0.3, -0.25) is 4.79 Å². The van der Waals surface area contributed by atoms with Gasteiger partial charge in [0.15, 0.2) is 0 Å². The van der Waals surface area contributed by atoms with Crippen molar-refractivity contribution < 1.29 is 4.79 Å². The molecule has 0 aliphatic carbocycles. The molecule has 4 heteroatoms. The molecule has 0 saturated heterocycles. The van der Waals surface area contributed by atoms with E-state index in [1.54, 1.807) is 0 Å². The Morgan fingerprint density at radius 2 is 2.00 bits per heavy atom. The summed E-state index contributed by atoms with van der Waals surface area (Å²) >= 11 is 6.10. The number of nitrogens with one attached hydrogen (secondary N) is 2. The van der Waals surface area contributed by atoms with Crippen LogP contribution in [0.4, 0.5) is 11.4 Å². The summed E-state index contributed by atoms with van der Waals surface area (Å²) in [5.74, 6) is -0.0436. The lowest BCUT2D eigenvalue weighted by Crippen LogP contribution is -2.19. The highest BCUT2D eigenvalue weighted by atomic mass is 35.5. The number of rotatable bonds is 2. The van der Waals surface area contributed by atoms with Crippen LogP contribution in [0.1, 0.15) is 17.2 Å². The number of benzene rings is 2. The number of carbonyl (C=O) groups is 1. The Labute approximate surface area is 116 Å². The number of amides is 1. The summed E-state index contributed by atoms with van der Waals surface area (Å²) in [7, 11) is 0. The molecule has 0 saturated carbocycles. The third kappa shape index (κ3) is 2.17. The summed E-state index contributed by atoms with van der Waals surface area (Å²) < 4.78 is 0. The van der Waals surface area contributed by atoms with E-state index in [1.165, 1.54) is 0 Å². The van der Waals surface area contributed by atoms with Crippen LogP contribution < -0.4 is 10.6 Å². The van der Waals surface area contributed by atoms with E-state index in [1.807, 2.05) is 49.4 Å². The van der Waals surface area contributed by atoms with Crippen LogP contribution in [0.5, 0.6) is 0 Å². The minimum atomic E-state index is -0.366. The minimum Gasteiger partial charge on any atom is -0.370 e. The Hall–Kier alpha value is -2.00. The summed E-state index contributed by atoms with van der Waals surface area (Å²) in [6.45, 7) is 1.95. The molecule has 96 valence electrons. The Morgan fingerprint density at radius 1 is 1.21 bits per heavy atom. The Balaban J connectivity index is 1.91. The summed E-state index contributed by atoms with van der Waals surface area (Å²) in [5, 5.41) is 6.77. The summed E-state index contributed by atoms with van der Waals surface area (Å²) in [4.78, 5) is 12.0. The highest BCUT2D eigenvalue weighted by Crippen LogP contribution is 2.33. The molecular formula is C15H13ClN2O. The second kappa shape index (κ2) is 4.59. The largest absolute Gasteiger partial charge is 0.370 e. The predicted octanol–water partition coefficient (Wildman–Crippen LogP) is 3.75. The van der Waals surface area contributed by atoms with Gasteiger partial charge in [-0.15, -0.1) is 0 Å². The normalized spacial score (nSPS) is 16.9. The first-order chi connectivity index (χ1) is 9.15. The van der Waals surface area contributed by atoms with E-state index in [0.29, 0.717) is 5.02 Å². The van der Waals surface area contributed by atoms with Crippen molar-refractivity contribution in [2.24, 2.45) is 0 Å². The van der Waals surface area contributed by atoms with Crippen LogP contribution in [0.3, 0.4) is 0 Å². The van der Waals surface area contributed by atoms with Crippen molar-refractivity contribution >= 4 is 28.9 Å². The molecule has 1 unspecified atom stereocenters. The van der Waals surface area contributed by atoms with Gasteiger partial charge in [0.1, 0.15) is 6.04 Å². The van der Waals surface area contributed by atoms with Crippen molar-refractivity contribution in [2.75, 3.05) is 10.6 Å². The van der Waals surface area contributed by atoms with E-state index in [0.717, 1.165) is 22.5 Å². The van der Waals surface area contributed by atoms with Gasteiger partial charge in [-0.05, 0) is 30.7 Å². The van der Waals surface area contributed by atoms with Gasteiger partial charge >= 0.3 is 0 Å². The van der Waals surface area contributed by atoms with Crippen molar-refractivity contribution in [3.05, 3.63) is 58.6 Å². The third-order valence-electron chi connectivity index (χ3n) is 3.27. The standard InChI is InChI=1S/C15H13ClN2O/c1-9-6-7-10(8-12(9)16)17-14-11-4-2-3-5-13(11)18-15(14)19/h2-8,14,17H,1H3,(H,18,19). The fourth-order valence-electron chi connectivity index (χ4n) is 2.20. The predicted molar refractivity (Wildman–Crippen MR) is 77.6 cm³/mol. The second-order valence-corrected chi connectivity index (χ2v) is 5.03. The topological polar surface area (TPSA) is 41.1 Å². The molecule has 1 amide bonds. The van der Waals surface area contributed by atoms with Gasteiger partial charge in [0.05, 0.1) is 0 Å². The minimum absolute atomic E-state index is 0.0436. The number of anilines is 2. The van der Waals surface area contributed by atoms with Crippen LogP contribution in [0.15, 0.2) is 42.5 Å². The summed E-state index contributed by atoms with van der Waals surface area (Å²) in [5.41, 5.74) is 3.68. The first-order valence-corrected chi connectivity index (χ1v) is 6.45. The lowest BCUT2D eigenvalue weighted by Gasteiger charge is -2.13. The first kappa shape index (κ1) is 12.1. The van der Waals surface area contributed by atoms with Gasteiger partial charge in [-0.25, -0.2) is 0 Å². The quantitative estimate of drug-likeness (QED) is 0.874. The number of halogens is 1. The van der Waals surface area contributed by atoms with Crippen molar-refractivity contribution in [3.63, 3.8) is 0 Å². The number of hydrogen-bond acceptors (Lipinski definition) is 2. The fraction of sp³-hybridized carbons (Fsp3) is 0.133. The molecule has 0 radical (unpaired) electrons. The van der Waals surface area contributed by atoms with Crippen molar-refractivity contribution in [1.82, 2.24) is 0 Å². The molecule has 1 aliphatic rings. The molecule has 0 aromatic heterocycles. The molecule has 2 aromatic rings. The van der Waals surface area contributed by atoms with Crippen molar-refractivity contribution in [3.8, 4) is 0 Å². The number of aryl methyl sites for hydroxylation is 1. The Morgan fingerprint density at radius 3 is 2.79 bits per heavy atom. The molecule has 1 atom stereocenters. The van der Waals surface area contributed by atoms with E-state index in [4.69, 9.17) is 11.6 Å². The number of carbonyl (C=O) groups excluding carboxylic acids is 1. The smallest absolute Gasteiger partial charge is 0.251 e. The maximum Gasteiger partial charge on any atom is 0.251 e. The molecular weight excluding hydrogens is 260 g/mol. The summed E-state index contributed by atoms with van der Waals surface area (Å²) in [6, 6.07) is 13.0. The average molecular weight is 273 g/mol. The van der Waals surface area contributed by atoms with Gasteiger partial charge in [0.25, 0.3) is 5.91 Å². The van der Waals surface area contributed by atoms with Crippen LogP contribution in [0.2, 0.25) is 5.02 Å². The van der Waals surface area contributed by atoms with E-state index < -0.39 is 0 Å². The fourth-order valence-corrected chi connectivity index (χ4v) is 2.38. The molecule has 0 bridgehead atoms. The highest BCUT2D eigenvalue weighted by molar-refractivity contribution is 6.31. The average Bonchev–Trinajstić information content (AvgIpc) is 2.71. The molecule has 2 aromatic carbocycles. The van der Waals surface area contributed by atoms with Crippen LogP contribution >= 0.6 is 11.6 Å². The van der Waals surface area contributed by atoms with E-state index in [-0.39, 0.29) is 11.9 Å². The maximum absolute atomic E-state index is 12.0. The molecule has 19 heavy (non-hydrogen) atoms. The van der Waals surface area contributed by atoms with Crippen LogP contribution in [-0.2, 0) is 4.79 Å². The lowest BCUT2D eigenvalue weighted by atomic mass is 10.1. The van der Waals surface area contributed by atoms with Crippen molar-refractivity contribution in [1.29, 1.82) is 0 Å². The summed E-state index contributed by atoms with van der Waals surface area (Å²) in [6.07, 6.45) is 0. The van der Waals surface area contributed by atoms with E-state index in [2.05, 4.69) is 10.6 Å². The monoisotopic (exact) mass is 272 g/mol. The second-order valence-electron chi connectivity index (χ2n) is 4.62. The Bertz CT molecular complexity index is 654. The van der Waals surface area contributed by atoms with Crippen LogP contribution in [0, 0.1) is 6.92 Å². The number of para-hydroxylation sites is 1. The molecule has 3 nitrogen and oxygen atoms in total. The van der Waals surface area contributed by atoms with Gasteiger partial charge in [-0.2, -0.15) is 0 Å². The molecule has 1 aliphatic heterocycles. The van der Waals surface area contributed by atoms with Gasteiger partial charge in [0.2, 0.25) is 0 Å². The Kier molecular flexibility index (Phi) is 2.91. The molecule has 3 rings (SSSR count). The van der Waals surface area contributed by atoms with E-state index >= 15 is 0 Å². The number of fused-ring (bicyclic) bond motifs is 1. The zero-order valence-corrected chi connectivity index (χ0v) is 11.2. The lowest BCUT2D eigenvalue weighted by molar-refractivity contribution is -0.116. The highest BCUT2D eigenvalue weighted by Gasteiger charge is 2.29. The van der Waals surface area contributed by atoms with E-state index in [9.17, 15) is 4.79 Å². The molecule has 0 spiro atoms. The van der Waals surface area contributed by atoms with Gasteiger partial charge < -0.3 is 10.6 Å². The zero-order chi connectivity index (χ0) is 13.4. The van der Waals surface area contributed by atoms with Gasteiger partial charge in [0, 0.05) is 22.0 Å². The zero-order valence-electron chi connectivity index (χ0n) is 10.4. The molecule has 2 N–H and O–H groups in total. The molecule has 1 heterocycles. The third-order valence-corrected chi connectivity index (χ3v) is 3.68. The number of hydrogen-bond donors (Lipinski definition) is 2. The first-order valence-electron chi connectivity index (χ1n) is 6.07. The molecule has 0 fully saturated rings. The van der Waals surface area contributed by atoms with Crippen molar-refractivity contribution in [2.45, 2.75) is 13.0 Å². The maximum atomic E-state index is 12.0. The van der Waals surface area contributed by atoms with Crippen LogP contribution in [0.25, 0.3) is 0 Å². The SMILES string of the molecule is Cc1ccc(NC2C(=O)Nc3ccccc32)cc1Cl.